The lowest BCUT2D eigenvalue weighted by molar-refractivity contribution is 0.0911. The van der Waals surface area contributed by atoms with Crippen LogP contribution in [0, 0.1) is 0 Å². The summed E-state index contributed by atoms with van der Waals surface area (Å²) in [4.78, 5) is 31.3. The Morgan fingerprint density at radius 1 is 1.00 bits per heavy atom. The minimum atomic E-state index is -0.409. The van der Waals surface area contributed by atoms with Gasteiger partial charge in [-0.1, -0.05) is 0 Å². The highest BCUT2D eigenvalue weighted by atomic mass is 35.5. The van der Waals surface area contributed by atoms with E-state index in [-0.39, 0.29) is 47.6 Å². The molecule has 24 heavy (non-hydrogen) atoms. The molecule has 2 aromatic heterocycles. The fourth-order valence-corrected chi connectivity index (χ4v) is 1.81. The lowest BCUT2D eigenvalue weighted by atomic mass is 10.2. The van der Waals surface area contributed by atoms with E-state index in [0.29, 0.717) is 0 Å². The number of hydrogen-bond acceptors (Lipinski definition) is 6. The third kappa shape index (κ3) is 5.40. The summed E-state index contributed by atoms with van der Waals surface area (Å²) in [7, 11) is 0. The van der Waals surface area contributed by atoms with Gasteiger partial charge in [-0.3, -0.25) is 19.6 Å². The minimum absolute atomic E-state index is 0. The van der Waals surface area contributed by atoms with Gasteiger partial charge in [0.15, 0.2) is 0 Å². The van der Waals surface area contributed by atoms with Crippen molar-refractivity contribution in [3.63, 3.8) is 0 Å². The Labute approximate surface area is 144 Å². The topological polar surface area (TPSA) is 124 Å². The molecule has 0 aliphatic carbocycles. The Morgan fingerprint density at radius 3 is 2.00 bits per heavy atom. The highest BCUT2D eigenvalue weighted by molar-refractivity contribution is 5.95. The van der Waals surface area contributed by atoms with Crippen LogP contribution < -0.4 is 10.6 Å². The number of aromatic nitrogens is 2. The van der Waals surface area contributed by atoms with Crippen molar-refractivity contribution in [2.75, 3.05) is 6.54 Å². The first-order chi connectivity index (χ1) is 11.0. The summed E-state index contributed by atoms with van der Waals surface area (Å²) in [6, 6.07) is 2.25. The molecule has 0 aromatic carbocycles. The second-order valence-corrected chi connectivity index (χ2v) is 4.95. The number of nitrogens with one attached hydrogen (secondary N) is 2. The molecule has 128 valence electrons. The van der Waals surface area contributed by atoms with Gasteiger partial charge >= 0.3 is 0 Å². The minimum Gasteiger partial charge on any atom is -0.506 e. The average molecular weight is 353 g/mol. The van der Waals surface area contributed by atoms with E-state index in [1.807, 2.05) is 0 Å². The van der Waals surface area contributed by atoms with Gasteiger partial charge in [0.25, 0.3) is 11.8 Å². The molecule has 2 amide bonds. The molecule has 9 heteroatoms. The molecular formula is C15H17ClN4O4. The van der Waals surface area contributed by atoms with Crippen molar-refractivity contribution in [1.29, 1.82) is 0 Å². The molecule has 0 aliphatic rings. The van der Waals surface area contributed by atoms with Crippen molar-refractivity contribution in [3.05, 3.63) is 48.0 Å². The number of hydrogen-bond donors (Lipinski definition) is 4. The molecule has 0 spiro atoms. The smallest absolute Gasteiger partial charge is 0.253 e. The number of pyridine rings is 2. The zero-order valence-corrected chi connectivity index (χ0v) is 13.6. The standard InChI is InChI=1S/C15H16N4O4.ClH/c1-9(19-15(23)11-3-13(21)8-17-6-11)4-18-14(22)10-2-12(20)7-16-5-10;/h2-3,5-9,20-21H,4H2,1H3,(H,18,22)(H,19,23);1H. The number of carbonyl (C=O) groups excluding carboxylic acids is 2. The average Bonchev–Trinajstić information content (AvgIpc) is 2.52. The third-order valence-corrected chi connectivity index (χ3v) is 2.92. The summed E-state index contributed by atoms with van der Waals surface area (Å²) in [5.41, 5.74) is 0.445. The van der Waals surface area contributed by atoms with E-state index in [2.05, 4.69) is 20.6 Å². The molecule has 0 bridgehead atoms. The maximum atomic E-state index is 11.9. The van der Waals surface area contributed by atoms with Crippen LogP contribution in [-0.2, 0) is 0 Å². The molecule has 2 heterocycles. The van der Waals surface area contributed by atoms with Crippen LogP contribution in [0.4, 0.5) is 0 Å². The van der Waals surface area contributed by atoms with E-state index >= 15 is 0 Å². The van der Waals surface area contributed by atoms with Crippen LogP contribution in [-0.4, -0.2) is 44.6 Å². The van der Waals surface area contributed by atoms with Crippen LogP contribution in [0.5, 0.6) is 11.5 Å². The second kappa shape index (κ2) is 8.68. The van der Waals surface area contributed by atoms with Crippen LogP contribution in [0.1, 0.15) is 27.6 Å². The van der Waals surface area contributed by atoms with Gasteiger partial charge in [-0.15, -0.1) is 12.4 Å². The van der Waals surface area contributed by atoms with Gasteiger partial charge in [0.2, 0.25) is 0 Å². The van der Waals surface area contributed by atoms with E-state index in [1.54, 1.807) is 6.92 Å². The first kappa shape index (κ1) is 19.2. The first-order valence-corrected chi connectivity index (χ1v) is 6.83. The van der Waals surface area contributed by atoms with Crippen molar-refractivity contribution in [3.8, 4) is 11.5 Å². The van der Waals surface area contributed by atoms with Crippen LogP contribution in [0.2, 0.25) is 0 Å². The summed E-state index contributed by atoms with van der Waals surface area (Å²) >= 11 is 0. The highest BCUT2D eigenvalue weighted by Gasteiger charge is 2.13. The van der Waals surface area contributed by atoms with Gasteiger partial charge in [-0.05, 0) is 19.1 Å². The van der Waals surface area contributed by atoms with Gasteiger partial charge in [0, 0.05) is 25.0 Å². The zero-order chi connectivity index (χ0) is 16.8. The molecule has 0 radical (unpaired) electrons. The van der Waals surface area contributed by atoms with Gasteiger partial charge < -0.3 is 20.8 Å². The van der Waals surface area contributed by atoms with Crippen LogP contribution in [0.3, 0.4) is 0 Å². The summed E-state index contributed by atoms with van der Waals surface area (Å²) in [6.07, 6.45) is 5.11. The summed E-state index contributed by atoms with van der Waals surface area (Å²) < 4.78 is 0. The van der Waals surface area contributed by atoms with Crippen LogP contribution in [0.15, 0.2) is 36.9 Å². The number of amides is 2. The van der Waals surface area contributed by atoms with Gasteiger partial charge in [-0.2, -0.15) is 0 Å². The molecule has 2 rings (SSSR count). The molecule has 2 aromatic rings. The highest BCUT2D eigenvalue weighted by Crippen LogP contribution is 2.09. The Kier molecular flexibility index (Phi) is 6.94. The van der Waals surface area contributed by atoms with Crippen LogP contribution in [0.25, 0.3) is 0 Å². The fourth-order valence-electron chi connectivity index (χ4n) is 1.81. The number of halogens is 1. The summed E-state index contributed by atoms with van der Waals surface area (Å²) in [5, 5.41) is 23.9. The molecule has 1 unspecified atom stereocenters. The SMILES string of the molecule is CC(CNC(=O)c1cncc(O)c1)NC(=O)c1cncc(O)c1.Cl. The molecule has 0 aliphatic heterocycles. The monoisotopic (exact) mass is 352 g/mol. The lowest BCUT2D eigenvalue weighted by Gasteiger charge is -2.14. The Bertz CT molecular complexity index is 726. The molecule has 0 fully saturated rings. The maximum Gasteiger partial charge on any atom is 0.253 e. The van der Waals surface area contributed by atoms with E-state index in [1.165, 1.54) is 36.9 Å². The molecular weight excluding hydrogens is 336 g/mol. The fraction of sp³-hybridized carbons (Fsp3) is 0.200. The molecule has 0 saturated carbocycles. The van der Waals surface area contributed by atoms with Gasteiger partial charge in [0.1, 0.15) is 11.5 Å². The van der Waals surface area contributed by atoms with Crippen LogP contribution >= 0.6 is 12.4 Å². The van der Waals surface area contributed by atoms with Crippen molar-refractivity contribution in [2.24, 2.45) is 0 Å². The third-order valence-electron chi connectivity index (χ3n) is 2.92. The van der Waals surface area contributed by atoms with E-state index < -0.39 is 11.8 Å². The molecule has 0 saturated heterocycles. The van der Waals surface area contributed by atoms with E-state index in [4.69, 9.17) is 0 Å². The maximum absolute atomic E-state index is 11.9. The predicted octanol–water partition coefficient (Wildman–Crippen LogP) is 0.858. The van der Waals surface area contributed by atoms with E-state index in [0.717, 1.165) is 0 Å². The van der Waals surface area contributed by atoms with Crippen molar-refractivity contribution in [1.82, 2.24) is 20.6 Å². The van der Waals surface area contributed by atoms with Gasteiger partial charge in [0.05, 0.1) is 23.5 Å². The van der Waals surface area contributed by atoms with Crippen molar-refractivity contribution >= 4 is 24.2 Å². The Balaban J connectivity index is 0.00000288. The molecule has 4 N–H and O–H groups in total. The number of aromatic hydroxyl groups is 2. The second-order valence-electron chi connectivity index (χ2n) is 4.95. The lowest BCUT2D eigenvalue weighted by Crippen LogP contribution is -2.41. The van der Waals surface area contributed by atoms with Crippen molar-refractivity contribution in [2.45, 2.75) is 13.0 Å². The van der Waals surface area contributed by atoms with E-state index in [9.17, 15) is 19.8 Å². The predicted molar refractivity (Wildman–Crippen MR) is 88.3 cm³/mol. The quantitative estimate of drug-likeness (QED) is 0.632. The molecule has 8 nitrogen and oxygen atoms in total. The largest absolute Gasteiger partial charge is 0.506 e. The number of carbonyl (C=O) groups is 2. The normalized spacial score (nSPS) is 11.0. The first-order valence-electron chi connectivity index (χ1n) is 6.83. The molecule has 1 atom stereocenters. The summed E-state index contributed by atoms with van der Waals surface area (Å²) in [5.74, 6) is -1.02. The van der Waals surface area contributed by atoms with Gasteiger partial charge in [-0.25, -0.2) is 0 Å². The number of rotatable bonds is 5. The Morgan fingerprint density at radius 2 is 1.50 bits per heavy atom. The Hall–Kier alpha value is -2.87. The zero-order valence-electron chi connectivity index (χ0n) is 12.8. The number of nitrogens with zero attached hydrogens (tertiary/aromatic N) is 2. The summed E-state index contributed by atoms with van der Waals surface area (Å²) in [6.45, 7) is 1.90. The van der Waals surface area contributed by atoms with Crippen molar-refractivity contribution < 1.29 is 19.8 Å².